The van der Waals surface area contributed by atoms with Crippen molar-refractivity contribution in [1.82, 2.24) is 10.3 Å². The van der Waals surface area contributed by atoms with Crippen molar-refractivity contribution in [3.05, 3.63) is 70.9 Å². The number of nitrogens with one attached hydrogen (secondary N) is 2. The average molecular weight is 376 g/mol. The van der Waals surface area contributed by atoms with Crippen molar-refractivity contribution in [1.29, 1.82) is 0 Å². The van der Waals surface area contributed by atoms with E-state index in [9.17, 15) is 9.59 Å². The van der Waals surface area contributed by atoms with Gasteiger partial charge in [0.1, 0.15) is 0 Å². The fraction of sp³-hybridized carbons (Fsp3) is 0.304. The van der Waals surface area contributed by atoms with Crippen LogP contribution in [0.5, 0.6) is 0 Å². The van der Waals surface area contributed by atoms with Crippen molar-refractivity contribution in [3.63, 3.8) is 0 Å². The van der Waals surface area contributed by atoms with E-state index in [0.717, 1.165) is 29.3 Å². The van der Waals surface area contributed by atoms with E-state index in [1.54, 1.807) is 6.07 Å². The topological polar surface area (TPSA) is 71.2 Å². The second kappa shape index (κ2) is 7.89. The van der Waals surface area contributed by atoms with Gasteiger partial charge in [0.15, 0.2) is 6.61 Å². The first kappa shape index (κ1) is 18.3. The van der Waals surface area contributed by atoms with Crippen LogP contribution >= 0.6 is 0 Å². The maximum Gasteiger partial charge on any atom is 0.338 e. The summed E-state index contributed by atoms with van der Waals surface area (Å²) in [5, 5.41) is 3.94. The number of aromatic nitrogens is 1. The number of H-pyrrole nitrogens is 1. The van der Waals surface area contributed by atoms with Crippen LogP contribution in [0, 0.1) is 0 Å². The van der Waals surface area contributed by atoms with Crippen LogP contribution in [0.25, 0.3) is 10.9 Å². The van der Waals surface area contributed by atoms with Crippen LogP contribution in [0.4, 0.5) is 0 Å². The van der Waals surface area contributed by atoms with Crippen molar-refractivity contribution in [2.24, 2.45) is 0 Å². The molecule has 5 nitrogen and oxygen atoms in total. The van der Waals surface area contributed by atoms with Gasteiger partial charge in [0.05, 0.1) is 11.6 Å². The number of benzene rings is 2. The number of ether oxygens (including phenoxy) is 1. The minimum Gasteiger partial charge on any atom is -0.452 e. The minimum atomic E-state index is -0.477. The highest BCUT2D eigenvalue weighted by Crippen LogP contribution is 2.29. The van der Waals surface area contributed by atoms with E-state index in [2.05, 4.69) is 10.3 Å². The van der Waals surface area contributed by atoms with Crippen LogP contribution in [0.1, 0.15) is 53.0 Å². The van der Waals surface area contributed by atoms with Gasteiger partial charge in [-0.3, -0.25) is 4.79 Å². The Labute approximate surface area is 164 Å². The lowest BCUT2D eigenvalue weighted by Gasteiger charge is -2.14. The Kier molecular flexibility index (Phi) is 5.15. The highest BCUT2D eigenvalue weighted by molar-refractivity contribution is 5.97. The van der Waals surface area contributed by atoms with E-state index in [1.165, 1.54) is 24.1 Å². The second-order valence-corrected chi connectivity index (χ2v) is 7.33. The van der Waals surface area contributed by atoms with E-state index in [-0.39, 0.29) is 18.6 Å². The van der Waals surface area contributed by atoms with Crippen LogP contribution in [0.2, 0.25) is 0 Å². The molecule has 0 spiro atoms. The molecule has 0 saturated heterocycles. The normalized spacial score (nSPS) is 14.3. The zero-order chi connectivity index (χ0) is 19.5. The summed E-state index contributed by atoms with van der Waals surface area (Å²) in [5.41, 5.74) is 5.12. The third-order valence-electron chi connectivity index (χ3n) is 5.35. The van der Waals surface area contributed by atoms with Crippen LogP contribution in [-0.4, -0.2) is 23.5 Å². The summed E-state index contributed by atoms with van der Waals surface area (Å²) in [6.45, 7) is 1.61. The van der Waals surface area contributed by atoms with Crippen molar-refractivity contribution in [3.8, 4) is 0 Å². The number of amides is 1. The van der Waals surface area contributed by atoms with Crippen molar-refractivity contribution < 1.29 is 14.3 Å². The first-order valence-electron chi connectivity index (χ1n) is 9.77. The molecule has 4 rings (SSSR count). The lowest BCUT2D eigenvalue weighted by atomic mass is 9.95. The highest BCUT2D eigenvalue weighted by atomic mass is 16.5. The van der Waals surface area contributed by atoms with Gasteiger partial charge in [-0.15, -0.1) is 0 Å². The van der Waals surface area contributed by atoms with E-state index >= 15 is 0 Å². The van der Waals surface area contributed by atoms with E-state index < -0.39 is 5.97 Å². The number of fused-ring (bicyclic) bond motifs is 3. The molecule has 1 amide bonds. The molecule has 1 aliphatic carbocycles. The highest BCUT2D eigenvalue weighted by Gasteiger charge is 2.18. The van der Waals surface area contributed by atoms with E-state index in [4.69, 9.17) is 4.74 Å². The van der Waals surface area contributed by atoms with E-state index in [1.807, 2.05) is 49.4 Å². The fourth-order valence-electron chi connectivity index (χ4n) is 3.86. The molecule has 1 aliphatic rings. The van der Waals surface area contributed by atoms with E-state index in [0.29, 0.717) is 5.56 Å². The van der Waals surface area contributed by atoms with Gasteiger partial charge in [0.2, 0.25) is 0 Å². The third kappa shape index (κ3) is 3.79. The third-order valence-corrected chi connectivity index (χ3v) is 5.35. The summed E-state index contributed by atoms with van der Waals surface area (Å²) in [4.78, 5) is 28.0. The summed E-state index contributed by atoms with van der Waals surface area (Å²) < 4.78 is 5.23. The molecule has 1 heterocycles. The molecular weight excluding hydrogens is 352 g/mol. The maximum absolute atomic E-state index is 12.4. The van der Waals surface area contributed by atoms with Crippen LogP contribution in [-0.2, 0) is 22.4 Å². The van der Waals surface area contributed by atoms with Crippen LogP contribution < -0.4 is 5.32 Å². The van der Waals surface area contributed by atoms with Crippen LogP contribution in [0.3, 0.4) is 0 Å². The lowest BCUT2D eigenvalue weighted by Crippen LogP contribution is -2.31. The SMILES string of the molecule is CC(NC(=O)COC(=O)c1ccc2[nH]c3c(c2c1)CCCC3)c1ccccc1. The van der Waals surface area contributed by atoms with Crippen molar-refractivity contribution >= 4 is 22.8 Å². The standard InChI is InChI=1S/C23H24N2O3/c1-15(16-7-3-2-4-8-16)24-22(26)14-28-23(27)17-11-12-21-19(13-17)18-9-5-6-10-20(18)25-21/h2-4,7-8,11-13,15,25H,5-6,9-10,14H2,1H3,(H,24,26). The average Bonchev–Trinajstić information content (AvgIpc) is 3.10. The molecule has 144 valence electrons. The number of esters is 1. The maximum atomic E-state index is 12.4. The predicted octanol–water partition coefficient (Wildman–Crippen LogP) is 4.08. The number of carbonyl (C=O) groups is 2. The Bertz CT molecular complexity index is 1010. The van der Waals surface area contributed by atoms with Gasteiger partial charge in [0.25, 0.3) is 5.91 Å². The fourth-order valence-corrected chi connectivity index (χ4v) is 3.86. The monoisotopic (exact) mass is 376 g/mol. The molecule has 3 aromatic rings. The van der Waals surface area contributed by atoms with Gasteiger partial charge in [-0.25, -0.2) is 4.79 Å². The molecule has 1 aromatic heterocycles. The number of hydrogen-bond acceptors (Lipinski definition) is 3. The first-order chi connectivity index (χ1) is 13.6. The summed E-state index contributed by atoms with van der Waals surface area (Å²) in [6, 6.07) is 15.1. The Morgan fingerprint density at radius 3 is 2.71 bits per heavy atom. The Morgan fingerprint density at radius 1 is 1.11 bits per heavy atom. The molecule has 28 heavy (non-hydrogen) atoms. The van der Waals surface area contributed by atoms with Crippen molar-refractivity contribution in [2.75, 3.05) is 6.61 Å². The van der Waals surface area contributed by atoms with Gasteiger partial charge >= 0.3 is 5.97 Å². The largest absolute Gasteiger partial charge is 0.452 e. The van der Waals surface area contributed by atoms with Gasteiger partial charge < -0.3 is 15.0 Å². The number of carbonyl (C=O) groups excluding carboxylic acids is 2. The van der Waals surface area contributed by atoms with Gasteiger partial charge in [-0.2, -0.15) is 0 Å². The molecular formula is C23H24N2O3. The van der Waals surface area contributed by atoms with Crippen molar-refractivity contribution in [2.45, 2.75) is 38.6 Å². The van der Waals surface area contributed by atoms with Gasteiger partial charge in [-0.1, -0.05) is 30.3 Å². The molecule has 0 saturated carbocycles. The Hall–Kier alpha value is -3.08. The number of aromatic amines is 1. The summed E-state index contributed by atoms with van der Waals surface area (Å²) in [5.74, 6) is -0.792. The number of aryl methyl sites for hydroxylation is 2. The lowest BCUT2D eigenvalue weighted by molar-refractivity contribution is -0.124. The molecule has 5 heteroatoms. The quantitative estimate of drug-likeness (QED) is 0.659. The zero-order valence-corrected chi connectivity index (χ0v) is 16.0. The molecule has 0 aliphatic heterocycles. The summed E-state index contributed by atoms with van der Waals surface area (Å²) in [6.07, 6.45) is 4.47. The molecule has 0 radical (unpaired) electrons. The smallest absolute Gasteiger partial charge is 0.338 e. The number of rotatable bonds is 5. The predicted molar refractivity (Wildman–Crippen MR) is 108 cm³/mol. The minimum absolute atomic E-state index is 0.143. The Morgan fingerprint density at radius 2 is 1.89 bits per heavy atom. The molecule has 1 atom stereocenters. The summed E-state index contributed by atoms with van der Waals surface area (Å²) in [7, 11) is 0. The van der Waals surface area contributed by atoms with Gasteiger partial charge in [0, 0.05) is 16.6 Å². The first-order valence-corrected chi connectivity index (χ1v) is 9.77. The zero-order valence-electron chi connectivity index (χ0n) is 16.0. The molecule has 0 bridgehead atoms. The molecule has 0 fully saturated rings. The summed E-state index contributed by atoms with van der Waals surface area (Å²) >= 11 is 0. The second-order valence-electron chi connectivity index (χ2n) is 7.33. The van der Waals surface area contributed by atoms with Gasteiger partial charge in [-0.05, 0) is 61.9 Å². The number of hydrogen-bond donors (Lipinski definition) is 2. The molecule has 2 aromatic carbocycles. The van der Waals surface area contributed by atoms with Crippen LogP contribution in [0.15, 0.2) is 48.5 Å². The molecule has 2 N–H and O–H groups in total. The Balaban J connectivity index is 1.39. The molecule has 1 unspecified atom stereocenters.